The molecular formula is C13H15IN4O2. The average molecular weight is 386 g/mol. The van der Waals surface area contributed by atoms with Gasteiger partial charge in [0.1, 0.15) is 6.29 Å². The van der Waals surface area contributed by atoms with Crippen LogP contribution >= 0.6 is 22.6 Å². The molecule has 3 rings (SSSR count). The maximum atomic E-state index is 11.7. The molecule has 1 fully saturated rings. The molecular weight excluding hydrogens is 371 g/mol. The van der Waals surface area contributed by atoms with Gasteiger partial charge < -0.3 is 5.32 Å². The van der Waals surface area contributed by atoms with Gasteiger partial charge in [0.25, 0.3) is 0 Å². The standard InChI is InChI=1S/C13H15IN4O2/c14-8-1-2-9-7(5-8)6-15-13(16-9)17-10-3-4-11(19)18-12(10)20/h1-2,5,10,13,15-17H,3-4,6H2,(H,18,19,20). The number of nitrogens with one attached hydrogen (secondary N) is 4. The van der Waals surface area contributed by atoms with Crippen LogP contribution in [-0.4, -0.2) is 24.1 Å². The van der Waals surface area contributed by atoms with Crippen LogP contribution in [0.5, 0.6) is 0 Å². The third-order valence-electron chi connectivity index (χ3n) is 3.47. The Kier molecular flexibility index (Phi) is 3.90. The van der Waals surface area contributed by atoms with Crippen molar-refractivity contribution < 1.29 is 9.59 Å². The predicted octanol–water partition coefficient (Wildman–Crippen LogP) is 0.485. The van der Waals surface area contributed by atoms with E-state index in [4.69, 9.17) is 0 Å². The lowest BCUT2D eigenvalue weighted by Gasteiger charge is -2.33. The zero-order chi connectivity index (χ0) is 14.1. The van der Waals surface area contributed by atoms with Gasteiger partial charge >= 0.3 is 0 Å². The first-order chi connectivity index (χ1) is 9.61. The topological polar surface area (TPSA) is 82.3 Å². The fourth-order valence-electron chi connectivity index (χ4n) is 2.42. The van der Waals surface area contributed by atoms with E-state index in [0.717, 1.165) is 12.2 Å². The highest BCUT2D eigenvalue weighted by Crippen LogP contribution is 2.22. The van der Waals surface area contributed by atoms with Crippen molar-refractivity contribution in [3.8, 4) is 0 Å². The number of amides is 2. The lowest BCUT2D eigenvalue weighted by Crippen LogP contribution is -2.59. The first kappa shape index (κ1) is 13.8. The van der Waals surface area contributed by atoms with Crippen LogP contribution in [0.4, 0.5) is 5.69 Å². The molecule has 20 heavy (non-hydrogen) atoms. The molecule has 2 aliphatic heterocycles. The minimum atomic E-state index is -0.344. The van der Waals surface area contributed by atoms with Gasteiger partial charge in [0, 0.05) is 22.2 Å². The normalized spacial score (nSPS) is 25.6. The highest BCUT2D eigenvalue weighted by molar-refractivity contribution is 14.1. The summed E-state index contributed by atoms with van der Waals surface area (Å²) in [6.07, 6.45) is 0.737. The Labute approximate surface area is 130 Å². The number of imide groups is 1. The fourth-order valence-corrected chi connectivity index (χ4v) is 2.98. The summed E-state index contributed by atoms with van der Waals surface area (Å²) in [5.41, 5.74) is 2.27. The Hall–Kier alpha value is -1.19. The maximum absolute atomic E-state index is 11.7. The molecule has 0 saturated carbocycles. The number of carbonyl (C=O) groups excluding carboxylic acids is 2. The number of benzene rings is 1. The minimum Gasteiger partial charge on any atom is -0.357 e. The van der Waals surface area contributed by atoms with Crippen LogP contribution in [0.25, 0.3) is 0 Å². The number of rotatable bonds is 2. The Morgan fingerprint density at radius 3 is 2.95 bits per heavy atom. The molecule has 0 aromatic heterocycles. The molecule has 0 bridgehead atoms. The third kappa shape index (κ3) is 2.94. The Balaban J connectivity index is 1.64. The van der Waals surface area contributed by atoms with Crippen LogP contribution < -0.4 is 21.3 Å². The van der Waals surface area contributed by atoms with Gasteiger partial charge in [0.05, 0.1) is 6.04 Å². The van der Waals surface area contributed by atoms with Crippen LogP contribution in [-0.2, 0) is 16.1 Å². The Bertz CT molecular complexity index is 563. The molecule has 2 heterocycles. The monoisotopic (exact) mass is 386 g/mol. The van der Waals surface area contributed by atoms with Crippen molar-refractivity contribution in [1.82, 2.24) is 16.0 Å². The number of carbonyl (C=O) groups is 2. The second kappa shape index (κ2) is 5.66. The smallest absolute Gasteiger partial charge is 0.243 e. The summed E-state index contributed by atoms with van der Waals surface area (Å²) in [6, 6.07) is 5.86. The number of piperidine rings is 1. The van der Waals surface area contributed by atoms with Crippen LogP contribution in [0.2, 0.25) is 0 Å². The number of anilines is 1. The van der Waals surface area contributed by atoms with Crippen molar-refractivity contribution in [3.63, 3.8) is 0 Å². The van der Waals surface area contributed by atoms with Crippen LogP contribution in [0.3, 0.4) is 0 Å². The molecule has 4 N–H and O–H groups in total. The summed E-state index contributed by atoms with van der Waals surface area (Å²) in [5, 5.41) is 12.1. The molecule has 1 saturated heterocycles. The number of hydrogen-bond acceptors (Lipinski definition) is 5. The summed E-state index contributed by atoms with van der Waals surface area (Å²) in [6.45, 7) is 0.740. The van der Waals surface area contributed by atoms with E-state index >= 15 is 0 Å². The van der Waals surface area contributed by atoms with Crippen molar-refractivity contribution in [2.75, 3.05) is 5.32 Å². The largest absolute Gasteiger partial charge is 0.357 e. The first-order valence-corrected chi connectivity index (χ1v) is 7.58. The molecule has 106 valence electrons. The lowest BCUT2D eigenvalue weighted by molar-refractivity contribution is -0.134. The average Bonchev–Trinajstić information content (AvgIpc) is 2.42. The van der Waals surface area contributed by atoms with Gasteiger partial charge in [-0.05, 0) is 52.8 Å². The van der Waals surface area contributed by atoms with E-state index in [1.165, 1.54) is 9.13 Å². The van der Waals surface area contributed by atoms with Gasteiger partial charge in [-0.15, -0.1) is 0 Å². The van der Waals surface area contributed by atoms with Crippen molar-refractivity contribution in [2.45, 2.75) is 31.7 Å². The summed E-state index contributed by atoms with van der Waals surface area (Å²) < 4.78 is 1.20. The molecule has 2 unspecified atom stereocenters. The van der Waals surface area contributed by atoms with Gasteiger partial charge in [0.15, 0.2) is 0 Å². The van der Waals surface area contributed by atoms with E-state index in [2.05, 4.69) is 49.9 Å². The van der Waals surface area contributed by atoms with Crippen molar-refractivity contribution in [2.24, 2.45) is 0 Å². The van der Waals surface area contributed by atoms with E-state index < -0.39 is 0 Å². The van der Waals surface area contributed by atoms with E-state index in [1.54, 1.807) is 0 Å². The molecule has 2 amide bonds. The number of fused-ring (bicyclic) bond motifs is 1. The summed E-state index contributed by atoms with van der Waals surface area (Å²) >= 11 is 2.28. The van der Waals surface area contributed by atoms with Gasteiger partial charge in [-0.2, -0.15) is 0 Å². The van der Waals surface area contributed by atoms with E-state index in [-0.39, 0.29) is 24.1 Å². The Morgan fingerprint density at radius 1 is 1.30 bits per heavy atom. The SMILES string of the molecule is O=C1CCC(NC2NCc3cc(I)ccc3N2)C(=O)N1. The van der Waals surface area contributed by atoms with Crippen LogP contribution in [0.1, 0.15) is 18.4 Å². The van der Waals surface area contributed by atoms with Gasteiger partial charge in [-0.1, -0.05) is 0 Å². The fraction of sp³-hybridized carbons (Fsp3) is 0.385. The summed E-state index contributed by atoms with van der Waals surface area (Å²) in [7, 11) is 0. The first-order valence-electron chi connectivity index (χ1n) is 6.50. The second-order valence-corrected chi connectivity index (χ2v) is 6.18. The van der Waals surface area contributed by atoms with Crippen LogP contribution in [0, 0.1) is 3.57 Å². The second-order valence-electron chi connectivity index (χ2n) is 4.93. The van der Waals surface area contributed by atoms with Crippen LogP contribution in [0.15, 0.2) is 18.2 Å². The van der Waals surface area contributed by atoms with Crippen molar-refractivity contribution >= 4 is 40.1 Å². The lowest BCUT2D eigenvalue weighted by atomic mass is 10.1. The molecule has 2 aliphatic rings. The third-order valence-corrected chi connectivity index (χ3v) is 4.14. The predicted molar refractivity (Wildman–Crippen MR) is 82.7 cm³/mol. The quantitative estimate of drug-likeness (QED) is 0.439. The van der Waals surface area contributed by atoms with Gasteiger partial charge in [-0.25, -0.2) is 0 Å². The van der Waals surface area contributed by atoms with Gasteiger partial charge in [0.2, 0.25) is 11.8 Å². The molecule has 0 spiro atoms. The van der Waals surface area contributed by atoms with Gasteiger partial charge in [-0.3, -0.25) is 25.5 Å². The molecule has 0 radical (unpaired) electrons. The van der Waals surface area contributed by atoms with E-state index in [9.17, 15) is 9.59 Å². The molecule has 1 aromatic carbocycles. The molecule has 1 aromatic rings. The van der Waals surface area contributed by atoms with E-state index in [0.29, 0.717) is 12.8 Å². The van der Waals surface area contributed by atoms with E-state index in [1.807, 2.05) is 12.1 Å². The molecule has 7 heteroatoms. The summed E-state index contributed by atoms with van der Waals surface area (Å²) in [4.78, 5) is 22.8. The Morgan fingerprint density at radius 2 is 2.15 bits per heavy atom. The van der Waals surface area contributed by atoms with Crippen molar-refractivity contribution in [1.29, 1.82) is 0 Å². The zero-order valence-electron chi connectivity index (χ0n) is 10.7. The highest BCUT2D eigenvalue weighted by Gasteiger charge is 2.29. The number of halogens is 1. The molecule has 0 aliphatic carbocycles. The minimum absolute atomic E-state index is 0.175. The summed E-state index contributed by atoms with van der Waals surface area (Å²) in [5.74, 6) is -0.448. The molecule has 6 nitrogen and oxygen atoms in total. The zero-order valence-corrected chi connectivity index (χ0v) is 12.9. The maximum Gasteiger partial charge on any atom is 0.243 e. The highest BCUT2D eigenvalue weighted by atomic mass is 127. The molecule has 2 atom stereocenters. The number of hydrogen-bond donors (Lipinski definition) is 4. The van der Waals surface area contributed by atoms with Crippen molar-refractivity contribution in [3.05, 3.63) is 27.3 Å².